The molecule has 1 aliphatic heterocycles. The van der Waals surface area contributed by atoms with E-state index in [4.69, 9.17) is 27.9 Å². The number of phenols is 1. The number of aromatic hydroxyl groups is 1. The number of halogens is 2. The maximum Gasteiger partial charge on any atom is 0.273 e. The number of hydrogen-bond acceptors (Lipinski definition) is 4. The van der Waals surface area contributed by atoms with E-state index in [1.54, 1.807) is 30.2 Å². The van der Waals surface area contributed by atoms with Gasteiger partial charge in [0.15, 0.2) is 0 Å². The molecular formula is C22H21Cl2N3O3. The fourth-order valence-corrected chi connectivity index (χ4v) is 4.40. The Morgan fingerprint density at radius 1 is 1.20 bits per heavy atom. The van der Waals surface area contributed by atoms with Crippen molar-refractivity contribution in [3.8, 4) is 17.0 Å². The van der Waals surface area contributed by atoms with Crippen molar-refractivity contribution in [2.75, 3.05) is 20.3 Å². The van der Waals surface area contributed by atoms with E-state index >= 15 is 0 Å². The van der Waals surface area contributed by atoms with Gasteiger partial charge in [0.1, 0.15) is 17.1 Å². The van der Waals surface area contributed by atoms with Crippen LogP contribution >= 0.6 is 23.2 Å². The number of nitrogens with one attached hydrogen (secondary N) is 1. The summed E-state index contributed by atoms with van der Waals surface area (Å²) in [5.41, 5.74) is 4.87. The molecule has 0 spiro atoms. The number of amides is 1. The van der Waals surface area contributed by atoms with Gasteiger partial charge in [0.2, 0.25) is 0 Å². The van der Waals surface area contributed by atoms with Gasteiger partial charge in [-0.2, -0.15) is 5.10 Å². The van der Waals surface area contributed by atoms with Crippen LogP contribution < -0.4 is 0 Å². The number of rotatable bonds is 5. The molecule has 2 aromatic carbocycles. The van der Waals surface area contributed by atoms with Gasteiger partial charge in [-0.1, -0.05) is 35.3 Å². The summed E-state index contributed by atoms with van der Waals surface area (Å²) in [4.78, 5) is 14.9. The second-order valence-electron chi connectivity index (χ2n) is 7.40. The number of benzene rings is 2. The highest BCUT2D eigenvalue weighted by Crippen LogP contribution is 2.46. The van der Waals surface area contributed by atoms with Crippen LogP contribution in [-0.2, 0) is 4.74 Å². The predicted molar refractivity (Wildman–Crippen MR) is 116 cm³/mol. The van der Waals surface area contributed by atoms with Gasteiger partial charge in [-0.3, -0.25) is 9.89 Å². The van der Waals surface area contributed by atoms with Gasteiger partial charge in [-0.25, -0.2) is 0 Å². The monoisotopic (exact) mass is 445 g/mol. The Morgan fingerprint density at radius 3 is 2.63 bits per heavy atom. The van der Waals surface area contributed by atoms with Crippen LogP contribution in [0.1, 0.15) is 38.8 Å². The third-order valence-electron chi connectivity index (χ3n) is 5.36. The third kappa shape index (κ3) is 3.35. The Kier molecular flexibility index (Phi) is 5.49. The molecule has 3 aromatic rings. The lowest BCUT2D eigenvalue weighted by Crippen LogP contribution is -2.32. The van der Waals surface area contributed by atoms with Gasteiger partial charge in [0.25, 0.3) is 5.91 Å². The van der Waals surface area contributed by atoms with Crippen LogP contribution in [0.5, 0.6) is 5.75 Å². The molecule has 0 bridgehead atoms. The van der Waals surface area contributed by atoms with E-state index in [0.29, 0.717) is 45.7 Å². The number of aryl methyl sites for hydroxylation is 2. The first-order valence-corrected chi connectivity index (χ1v) is 10.2. The van der Waals surface area contributed by atoms with E-state index in [2.05, 4.69) is 10.2 Å². The van der Waals surface area contributed by atoms with E-state index in [1.165, 1.54) is 0 Å². The second kappa shape index (κ2) is 7.95. The zero-order valence-electron chi connectivity index (χ0n) is 16.8. The van der Waals surface area contributed by atoms with Crippen molar-refractivity contribution in [2.45, 2.75) is 19.9 Å². The van der Waals surface area contributed by atoms with Crippen LogP contribution in [0.15, 0.2) is 30.3 Å². The molecule has 0 saturated heterocycles. The molecule has 0 radical (unpaired) electrons. The summed E-state index contributed by atoms with van der Waals surface area (Å²) in [7, 11) is 1.59. The fourth-order valence-electron chi connectivity index (χ4n) is 4.09. The Hall–Kier alpha value is -2.54. The zero-order chi connectivity index (χ0) is 21.6. The number of methoxy groups -OCH3 is 1. The summed E-state index contributed by atoms with van der Waals surface area (Å²) in [5, 5.41) is 18.8. The van der Waals surface area contributed by atoms with E-state index in [0.717, 1.165) is 16.7 Å². The Morgan fingerprint density at radius 2 is 1.97 bits per heavy atom. The average molecular weight is 446 g/mol. The number of nitrogens with zero attached hydrogens (tertiary/aromatic N) is 2. The van der Waals surface area contributed by atoms with E-state index in [9.17, 15) is 9.90 Å². The summed E-state index contributed by atoms with van der Waals surface area (Å²) in [6.45, 7) is 4.60. The largest absolute Gasteiger partial charge is 0.507 e. The number of carbonyl (C=O) groups is 1. The lowest BCUT2D eigenvalue weighted by molar-refractivity contribution is 0.0677. The SMILES string of the molecule is COCCN1C(=O)c2[nH]nc(-c3c(C)cc(C)cc3O)c2C1c1ccc(Cl)c(Cl)c1. The third-order valence-corrected chi connectivity index (χ3v) is 6.09. The highest BCUT2D eigenvalue weighted by molar-refractivity contribution is 6.42. The second-order valence-corrected chi connectivity index (χ2v) is 8.22. The number of ether oxygens (including phenoxy) is 1. The number of hydrogen-bond donors (Lipinski definition) is 2. The minimum absolute atomic E-state index is 0.123. The first kappa shape index (κ1) is 20.7. The molecule has 1 unspecified atom stereocenters. The number of phenolic OH excluding ortho intramolecular Hbond substituents is 1. The lowest BCUT2D eigenvalue weighted by Gasteiger charge is -2.26. The Bertz CT molecular complexity index is 1120. The normalized spacial score (nSPS) is 15.7. The van der Waals surface area contributed by atoms with Crippen molar-refractivity contribution >= 4 is 29.1 Å². The first-order chi connectivity index (χ1) is 14.3. The maximum absolute atomic E-state index is 13.2. The topological polar surface area (TPSA) is 78.5 Å². The molecule has 1 atom stereocenters. The summed E-state index contributed by atoms with van der Waals surface area (Å²) in [5.74, 6) is -0.0568. The molecule has 0 saturated carbocycles. The molecule has 0 fully saturated rings. The van der Waals surface area contributed by atoms with Gasteiger partial charge >= 0.3 is 0 Å². The van der Waals surface area contributed by atoms with Crippen LogP contribution in [0.25, 0.3) is 11.3 Å². The van der Waals surface area contributed by atoms with Crippen molar-refractivity contribution in [3.63, 3.8) is 0 Å². The molecule has 1 aromatic heterocycles. The van der Waals surface area contributed by atoms with Crippen molar-refractivity contribution < 1.29 is 14.6 Å². The van der Waals surface area contributed by atoms with Crippen LogP contribution in [-0.4, -0.2) is 46.4 Å². The van der Waals surface area contributed by atoms with Gasteiger partial charge in [0, 0.05) is 24.8 Å². The predicted octanol–water partition coefficient (Wildman–Crippen LogP) is 4.90. The number of aromatic nitrogens is 2. The fraction of sp³-hybridized carbons (Fsp3) is 0.273. The molecule has 2 heterocycles. The van der Waals surface area contributed by atoms with Crippen molar-refractivity contribution in [3.05, 3.63) is 68.3 Å². The molecule has 1 amide bonds. The van der Waals surface area contributed by atoms with Crippen LogP contribution in [0.4, 0.5) is 0 Å². The summed E-state index contributed by atoms with van der Waals surface area (Å²) in [6.07, 6.45) is 0. The molecule has 156 valence electrons. The van der Waals surface area contributed by atoms with Gasteiger partial charge < -0.3 is 14.7 Å². The van der Waals surface area contributed by atoms with Crippen molar-refractivity contribution in [1.82, 2.24) is 15.1 Å². The lowest BCUT2D eigenvalue weighted by atomic mass is 9.93. The van der Waals surface area contributed by atoms with E-state index < -0.39 is 6.04 Å². The summed E-state index contributed by atoms with van der Waals surface area (Å²) >= 11 is 12.4. The first-order valence-electron chi connectivity index (χ1n) is 9.47. The van der Waals surface area contributed by atoms with Gasteiger partial charge in [-0.15, -0.1) is 0 Å². The van der Waals surface area contributed by atoms with E-state index in [-0.39, 0.29) is 11.7 Å². The summed E-state index contributed by atoms with van der Waals surface area (Å²) < 4.78 is 5.21. The van der Waals surface area contributed by atoms with Gasteiger partial charge in [-0.05, 0) is 48.7 Å². The van der Waals surface area contributed by atoms with E-state index in [1.807, 2.05) is 26.0 Å². The average Bonchev–Trinajstić information content (AvgIpc) is 3.21. The highest BCUT2D eigenvalue weighted by Gasteiger charge is 2.42. The number of carbonyl (C=O) groups excluding carboxylic acids is 1. The molecule has 30 heavy (non-hydrogen) atoms. The maximum atomic E-state index is 13.2. The van der Waals surface area contributed by atoms with Crippen molar-refractivity contribution in [2.24, 2.45) is 0 Å². The Labute approximate surface area is 184 Å². The standard InChI is InChI=1S/C22H21Cl2N3O3/c1-11-8-12(2)17(16(28)9-11)19-18-20(26-25-19)22(29)27(6-7-30-3)21(18)13-4-5-14(23)15(24)10-13/h4-5,8-10,21,28H,6-7H2,1-3H3,(H,25,26). The van der Waals surface area contributed by atoms with Crippen molar-refractivity contribution in [1.29, 1.82) is 0 Å². The smallest absolute Gasteiger partial charge is 0.273 e. The number of aromatic amines is 1. The van der Waals surface area contributed by atoms with Crippen LogP contribution in [0.3, 0.4) is 0 Å². The van der Waals surface area contributed by atoms with Crippen LogP contribution in [0.2, 0.25) is 10.0 Å². The summed E-state index contributed by atoms with van der Waals surface area (Å²) in [6, 6.07) is 8.55. The zero-order valence-corrected chi connectivity index (χ0v) is 18.3. The highest BCUT2D eigenvalue weighted by atomic mass is 35.5. The molecular weight excluding hydrogens is 425 g/mol. The van der Waals surface area contributed by atoms with Gasteiger partial charge in [0.05, 0.1) is 22.7 Å². The molecule has 2 N–H and O–H groups in total. The van der Waals surface area contributed by atoms with Crippen LogP contribution in [0, 0.1) is 13.8 Å². The molecule has 4 rings (SSSR count). The minimum Gasteiger partial charge on any atom is -0.507 e. The Balaban J connectivity index is 1.93. The molecule has 0 aliphatic carbocycles. The molecule has 8 heteroatoms. The minimum atomic E-state index is -0.439. The quantitative estimate of drug-likeness (QED) is 0.585. The molecule has 1 aliphatic rings. The molecule has 6 nitrogen and oxygen atoms in total. The number of fused-ring (bicyclic) bond motifs is 1. The number of H-pyrrole nitrogens is 1.